The third-order valence-corrected chi connectivity index (χ3v) is 6.93. The minimum Gasteiger partial charge on any atom is -0.355 e. The fourth-order valence-corrected chi connectivity index (χ4v) is 5.14. The lowest BCUT2D eigenvalue weighted by Crippen LogP contribution is -2.32. The molecule has 0 unspecified atom stereocenters. The average molecular weight is 376 g/mol. The molecule has 25 heavy (non-hydrogen) atoms. The van der Waals surface area contributed by atoms with Crippen molar-refractivity contribution in [2.24, 2.45) is 0 Å². The molecule has 6 heteroatoms. The second-order valence-corrected chi connectivity index (χ2v) is 9.08. The van der Waals surface area contributed by atoms with Gasteiger partial charge in [-0.2, -0.15) is 0 Å². The van der Waals surface area contributed by atoms with E-state index in [0.29, 0.717) is 0 Å². The van der Waals surface area contributed by atoms with Crippen molar-refractivity contribution < 1.29 is 4.79 Å². The van der Waals surface area contributed by atoms with E-state index in [4.69, 9.17) is 0 Å². The highest BCUT2D eigenvalue weighted by Gasteiger charge is 2.19. The number of nitrogens with one attached hydrogen (secondary N) is 1. The van der Waals surface area contributed by atoms with Crippen molar-refractivity contribution in [3.63, 3.8) is 0 Å². The zero-order valence-electron chi connectivity index (χ0n) is 15.1. The molecule has 1 aliphatic carbocycles. The molecule has 1 aliphatic rings. The van der Waals surface area contributed by atoms with Gasteiger partial charge in [0.2, 0.25) is 5.91 Å². The molecule has 3 rings (SSSR count). The molecule has 2 aromatic rings. The number of amides is 1. The molecule has 1 atom stereocenters. The smallest absolute Gasteiger partial charge is 0.233 e. The lowest BCUT2D eigenvalue weighted by Gasteiger charge is -2.15. The number of thiophene rings is 1. The van der Waals surface area contributed by atoms with Crippen LogP contribution in [0, 0.1) is 13.8 Å². The van der Waals surface area contributed by atoms with E-state index in [1.807, 2.05) is 6.92 Å². The fourth-order valence-electron chi connectivity index (χ4n) is 3.08. The Morgan fingerprint density at radius 2 is 2.20 bits per heavy atom. The standard InChI is InChI=1S/C19H25N3OS2/c1-12-13(2)24-18-16(12)19(22-11-21-18)25-14(3)17(23)20-10-9-15-7-5-4-6-8-15/h7,11,14H,4-6,8-10H2,1-3H3,(H,20,23)/t14-/m1/s1. The Morgan fingerprint density at radius 3 is 2.96 bits per heavy atom. The third kappa shape index (κ3) is 4.42. The van der Waals surface area contributed by atoms with E-state index in [0.717, 1.165) is 28.2 Å². The van der Waals surface area contributed by atoms with Gasteiger partial charge in [0.05, 0.1) is 5.25 Å². The first kappa shape index (κ1) is 18.4. The molecule has 0 saturated heterocycles. The van der Waals surface area contributed by atoms with Crippen molar-refractivity contribution in [1.29, 1.82) is 0 Å². The van der Waals surface area contributed by atoms with Crippen molar-refractivity contribution in [3.8, 4) is 0 Å². The molecular formula is C19H25N3OS2. The van der Waals surface area contributed by atoms with Crippen LogP contribution in [0.25, 0.3) is 10.2 Å². The maximum atomic E-state index is 12.4. The van der Waals surface area contributed by atoms with Crippen LogP contribution in [0.2, 0.25) is 0 Å². The quantitative estimate of drug-likeness (QED) is 0.448. The first-order chi connectivity index (χ1) is 12.1. The van der Waals surface area contributed by atoms with E-state index in [-0.39, 0.29) is 11.2 Å². The van der Waals surface area contributed by atoms with Crippen molar-refractivity contribution in [2.75, 3.05) is 6.54 Å². The molecule has 4 nitrogen and oxygen atoms in total. The van der Waals surface area contributed by atoms with Crippen molar-refractivity contribution in [3.05, 3.63) is 28.4 Å². The Morgan fingerprint density at radius 1 is 1.36 bits per heavy atom. The molecular weight excluding hydrogens is 350 g/mol. The highest BCUT2D eigenvalue weighted by molar-refractivity contribution is 8.00. The zero-order chi connectivity index (χ0) is 17.8. The van der Waals surface area contributed by atoms with Crippen LogP contribution in [0.5, 0.6) is 0 Å². The van der Waals surface area contributed by atoms with Crippen LogP contribution in [0.1, 0.15) is 49.5 Å². The van der Waals surface area contributed by atoms with Gasteiger partial charge in [0.25, 0.3) is 0 Å². The summed E-state index contributed by atoms with van der Waals surface area (Å²) >= 11 is 3.21. The van der Waals surface area contributed by atoms with Gasteiger partial charge in [0, 0.05) is 16.8 Å². The maximum Gasteiger partial charge on any atom is 0.233 e. The monoisotopic (exact) mass is 375 g/mol. The lowest BCUT2D eigenvalue weighted by molar-refractivity contribution is -0.120. The number of carbonyl (C=O) groups excluding carboxylic acids is 1. The van der Waals surface area contributed by atoms with Gasteiger partial charge in [-0.15, -0.1) is 11.3 Å². The Labute approximate surface area is 157 Å². The normalized spacial score (nSPS) is 15.9. The van der Waals surface area contributed by atoms with Crippen LogP contribution in [0.3, 0.4) is 0 Å². The van der Waals surface area contributed by atoms with E-state index < -0.39 is 0 Å². The zero-order valence-corrected chi connectivity index (χ0v) is 16.7. The van der Waals surface area contributed by atoms with E-state index >= 15 is 0 Å². The highest BCUT2D eigenvalue weighted by Crippen LogP contribution is 2.35. The predicted octanol–water partition coefficient (Wildman–Crippen LogP) is 4.80. The number of nitrogens with zero attached hydrogens (tertiary/aromatic N) is 2. The first-order valence-corrected chi connectivity index (χ1v) is 10.6. The molecule has 1 amide bonds. The van der Waals surface area contributed by atoms with E-state index in [9.17, 15) is 4.79 Å². The maximum absolute atomic E-state index is 12.4. The molecule has 0 spiro atoms. The predicted molar refractivity (Wildman–Crippen MR) is 106 cm³/mol. The van der Waals surface area contributed by atoms with Crippen LogP contribution in [0.15, 0.2) is 23.0 Å². The Kier molecular flexibility index (Phi) is 6.12. The molecule has 1 N–H and O–H groups in total. The summed E-state index contributed by atoms with van der Waals surface area (Å²) in [4.78, 5) is 23.5. The largest absolute Gasteiger partial charge is 0.355 e. The second kappa shape index (κ2) is 8.32. The Balaban J connectivity index is 1.59. The molecule has 0 aliphatic heterocycles. The van der Waals surface area contributed by atoms with E-state index in [1.54, 1.807) is 17.7 Å². The number of hydrogen-bond acceptors (Lipinski definition) is 5. The van der Waals surface area contributed by atoms with Crippen LogP contribution < -0.4 is 5.32 Å². The number of carbonyl (C=O) groups is 1. The molecule has 0 radical (unpaired) electrons. The molecule has 134 valence electrons. The Hall–Kier alpha value is -1.40. The molecule has 2 aromatic heterocycles. The Bertz CT molecular complexity index is 797. The van der Waals surface area contributed by atoms with Crippen molar-refractivity contribution in [1.82, 2.24) is 15.3 Å². The number of rotatable bonds is 6. The molecule has 0 fully saturated rings. The molecule has 0 aromatic carbocycles. The van der Waals surface area contributed by atoms with Gasteiger partial charge in [0.15, 0.2) is 0 Å². The van der Waals surface area contributed by atoms with Gasteiger partial charge >= 0.3 is 0 Å². The number of fused-ring (bicyclic) bond motifs is 1. The van der Waals surface area contributed by atoms with Gasteiger partial charge < -0.3 is 5.32 Å². The number of aromatic nitrogens is 2. The van der Waals surface area contributed by atoms with Gasteiger partial charge in [-0.25, -0.2) is 9.97 Å². The van der Waals surface area contributed by atoms with Crippen molar-refractivity contribution >= 4 is 39.2 Å². The second-order valence-electron chi connectivity index (χ2n) is 6.55. The summed E-state index contributed by atoms with van der Waals surface area (Å²) < 4.78 is 0. The molecule has 0 saturated carbocycles. The molecule has 0 bridgehead atoms. The lowest BCUT2D eigenvalue weighted by atomic mass is 9.97. The number of thioether (sulfide) groups is 1. The van der Waals surface area contributed by atoms with Gasteiger partial charge in [0.1, 0.15) is 16.2 Å². The summed E-state index contributed by atoms with van der Waals surface area (Å²) in [5.41, 5.74) is 2.72. The molecule has 2 heterocycles. The SMILES string of the molecule is Cc1sc2ncnc(S[C@H](C)C(=O)NCCC3=CCCCC3)c2c1C. The number of hydrogen-bond donors (Lipinski definition) is 1. The van der Waals surface area contributed by atoms with E-state index in [2.05, 4.69) is 35.2 Å². The topological polar surface area (TPSA) is 54.9 Å². The van der Waals surface area contributed by atoms with Gasteiger partial charge in [-0.1, -0.05) is 23.4 Å². The van der Waals surface area contributed by atoms with Gasteiger partial charge in [-0.05, 0) is 58.4 Å². The van der Waals surface area contributed by atoms with Crippen LogP contribution in [-0.4, -0.2) is 27.7 Å². The first-order valence-electron chi connectivity index (χ1n) is 8.89. The fraction of sp³-hybridized carbons (Fsp3) is 0.526. The highest BCUT2D eigenvalue weighted by atomic mass is 32.2. The van der Waals surface area contributed by atoms with Crippen LogP contribution in [-0.2, 0) is 4.79 Å². The summed E-state index contributed by atoms with van der Waals surface area (Å²) in [5, 5.41) is 4.91. The number of aryl methyl sites for hydroxylation is 2. The number of allylic oxidation sites excluding steroid dienone is 1. The summed E-state index contributed by atoms with van der Waals surface area (Å²) in [6.45, 7) is 6.88. The van der Waals surface area contributed by atoms with Crippen molar-refractivity contribution in [2.45, 2.75) is 63.2 Å². The van der Waals surface area contributed by atoms with Crippen LogP contribution in [0.4, 0.5) is 0 Å². The minimum atomic E-state index is -0.168. The third-order valence-electron chi connectivity index (χ3n) is 4.72. The van der Waals surface area contributed by atoms with E-state index in [1.165, 1.54) is 53.5 Å². The average Bonchev–Trinajstić information content (AvgIpc) is 2.91. The summed E-state index contributed by atoms with van der Waals surface area (Å²) in [6, 6.07) is 0. The van der Waals surface area contributed by atoms with Crippen LogP contribution >= 0.6 is 23.1 Å². The summed E-state index contributed by atoms with van der Waals surface area (Å²) in [6.07, 6.45) is 9.89. The summed E-state index contributed by atoms with van der Waals surface area (Å²) in [5.74, 6) is 0.0813. The summed E-state index contributed by atoms with van der Waals surface area (Å²) in [7, 11) is 0. The minimum absolute atomic E-state index is 0.0813. The van der Waals surface area contributed by atoms with Gasteiger partial charge in [-0.3, -0.25) is 4.79 Å².